The Morgan fingerprint density at radius 2 is 1.93 bits per heavy atom. The highest BCUT2D eigenvalue weighted by atomic mass is 19.1. The summed E-state index contributed by atoms with van der Waals surface area (Å²) in [5, 5.41) is 0. The second kappa shape index (κ2) is 6.34. The van der Waals surface area contributed by atoms with Gasteiger partial charge in [-0.15, -0.1) is 0 Å². The number of aromatic nitrogens is 4. The van der Waals surface area contributed by atoms with E-state index in [1.165, 1.54) is 18.5 Å². The highest BCUT2D eigenvalue weighted by Crippen LogP contribution is 2.54. The number of carbonyl (C=O) groups excluding carboxylic acids is 2. The number of halogens is 1. The highest BCUT2D eigenvalue weighted by molar-refractivity contribution is 6.06. The Bertz CT molecular complexity index is 1230. The minimum Gasteiger partial charge on any atom is -0.363 e. The molecule has 3 aliphatic rings. The van der Waals surface area contributed by atoms with Crippen LogP contribution in [0.4, 0.5) is 4.39 Å². The van der Waals surface area contributed by atoms with Gasteiger partial charge in [-0.05, 0) is 48.4 Å². The molecule has 0 atom stereocenters. The van der Waals surface area contributed by atoms with Crippen molar-refractivity contribution in [1.82, 2.24) is 19.9 Å². The molecular formula is C21H14FN5O2. The number of aromatic amines is 1. The van der Waals surface area contributed by atoms with Crippen LogP contribution >= 0.6 is 0 Å². The number of Topliss-reactive ketones (excluding diaryl/α,β-unsaturated/α-hetero) is 1. The Balaban J connectivity index is 1.60. The van der Waals surface area contributed by atoms with Crippen molar-refractivity contribution in [3.63, 3.8) is 0 Å². The second-order valence-corrected chi connectivity index (χ2v) is 7.15. The molecule has 8 heteroatoms. The van der Waals surface area contributed by atoms with Gasteiger partial charge in [0.25, 0.3) is 11.7 Å². The first-order chi connectivity index (χ1) is 14.0. The number of ketones is 1. The van der Waals surface area contributed by atoms with E-state index in [4.69, 9.17) is 5.73 Å². The Morgan fingerprint density at radius 1 is 1.17 bits per heavy atom. The first-order valence-corrected chi connectivity index (χ1v) is 9.08. The molecule has 0 aliphatic heterocycles. The minimum atomic E-state index is -0.647. The van der Waals surface area contributed by atoms with Gasteiger partial charge in [-0.3, -0.25) is 9.59 Å². The third-order valence-electron chi connectivity index (χ3n) is 5.43. The molecule has 7 nitrogen and oxygen atoms in total. The Kier molecular flexibility index (Phi) is 3.77. The van der Waals surface area contributed by atoms with Gasteiger partial charge in [0.05, 0.1) is 11.3 Å². The number of imidazole rings is 1. The van der Waals surface area contributed by atoms with Crippen LogP contribution in [-0.4, -0.2) is 31.6 Å². The fraction of sp³-hybridized carbons (Fsp3) is 0.190. The zero-order valence-corrected chi connectivity index (χ0v) is 15.1. The third-order valence-corrected chi connectivity index (χ3v) is 5.43. The van der Waals surface area contributed by atoms with Gasteiger partial charge in [0.1, 0.15) is 5.82 Å². The molecular weight excluding hydrogens is 373 g/mol. The normalized spacial score (nSPS) is 18.4. The molecule has 0 saturated heterocycles. The number of carbonyl (C=O) groups is 2. The third kappa shape index (κ3) is 2.79. The van der Waals surface area contributed by atoms with Crippen LogP contribution in [0.1, 0.15) is 62.7 Å². The lowest BCUT2D eigenvalue weighted by molar-refractivity contribution is 0.0990. The van der Waals surface area contributed by atoms with E-state index in [9.17, 15) is 14.0 Å². The second-order valence-electron chi connectivity index (χ2n) is 7.15. The van der Waals surface area contributed by atoms with Crippen LogP contribution in [0, 0.1) is 17.7 Å². The average Bonchev–Trinajstić information content (AvgIpc) is 3.03. The Morgan fingerprint density at radius 3 is 2.66 bits per heavy atom. The van der Waals surface area contributed by atoms with Crippen molar-refractivity contribution in [3.05, 3.63) is 64.9 Å². The monoisotopic (exact) mass is 387 g/mol. The van der Waals surface area contributed by atoms with E-state index in [1.54, 1.807) is 12.1 Å². The number of primary amides is 1. The van der Waals surface area contributed by atoms with Crippen LogP contribution in [0.15, 0.2) is 30.6 Å². The number of rotatable bonds is 2. The summed E-state index contributed by atoms with van der Waals surface area (Å²) in [5.74, 6) is 3.73. The molecule has 0 spiro atoms. The van der Waals surface area contributed by atoms with Gasteiger partial charge in [0.2, 0.25) is 5.82 Å². The lowest BCUT2D eigenvalue weighted by atomic mass is 9.71. The number of nitrogens with two attached hydrogens (primary N) is 1. The van der Waals surface area contributed by atoms with Gasteiger partial charge < -0.3 is 10.7 Å². The lowest BCUT2D eigenvalue weighted by Gasteiger charge is -2.33. The maximum atomic E-state index is 14.7. The van der Waals surface area contributed by atoms with E-state index in [0.29, 0.717) is 11.3 Å². The first-order valence-electron chi connectivity index (χ1n) is 9.08. The summed E-state index contributed by atoms with van der Waals surface area (Å²) in [6.07, 6.45) is 4.59. The van der Waals surface area contributed by atoms with Crippen molar-refractivity contribution in [1.29, 1.82) is 0 Å². The van der Waals surface area contributed by atoms with E-state index in [2.05, 4.69) is 31.8 Å². The largest absolute Gasteiger partial charge is 0.363 e. The lowest BCUT2D eigenvalue weighted by Crippen LogP contribution is -2.19. The number of H-pyrrole nitrogens is 1. The molecule has 2 bridgehead atoms. The highest BCUT2D eigenvalue weighted by Gasteiger charge is 2.40. The smallest absolute Gasteiger partial charge is 0.284 e. The quantitative estimate of drug-likeness (QED) is 0.517. The molecule has 6 rings (SSSR count). The molecule has 2 heterocycles. The van der Waals surface area contributed by atoms with Gasteiger partial charge in [0.15, 0.2) is 5.82 Å². The first kappa shape index (κ1) is 17.3. The zero-order valence-electron chi connectivity index (χ0n) is 15.1. The van der Waals surface area contributed by atoms with Crippen molar-refractivity contribution >= 4 is 11.7 Å². The van der Waals surface area contributed by atoms with Crippen molar-refractivity contribution in [2.24, 2.45) is 5.73 Å². The molecule has 29 heavy (non-hydrogen) atoms. The maximum Gasteiger partial charge on any atom is 0.284 e. The van der Waals surface area contributed by atoms with Crippen LogP contribution in [-0.2, 0) is 0 Å². The van der Waals surface area contributed by atoms with Crippen LogP contribution < -0.4 is 5.73 Å². The van der Waals surface area contributed by atoms with Gasteiger partial charge in [-0.25, -0.2) is 19.3 Å². The van der Waals surface area contributed by atoms with E-state index >= 15 is 0 Å². The maximum absolute atomic E-state index is 14.7. The summed E-state index contributed by atoms with van der Waals surface area (Å²) in [4.78, 5) is 38.8. The number of benzene rings is 1. The van der Waals surface area contributed by atoms with Gasteiger partial charge in [-0.2, -0.15) is 0 Å². The average molecular weight is 387 g/mol. The fourth-order valence-corrected chi connectivity index (χ4v) is 3.94. The van der Waals surface area contributed by atoms with Gasteiger partial charge in [-0.1, -0.05) is 5.92 Å². The van der Waals surface area contributed by atoms with Gasteiger partial charge >= 0.3 is 0 Å². The van der Waals surface area contributed by atoms with Crippen LogP contribution in [0.2, 0.25) is 0 Å². The van der Waals surface area contributed by atoms with Crippen LogP contribution in [0.5, 0.6) is 0 Å². The molecule has 1 amide bonds. The van der Waals surface area contributed by atoms with Crippen molar-refractivity contribution in [2.45, 2.75) is 24.7 Å². The van der Waals surface area contributed by atoms with E-state index in [1.807, 2.05) is 0 Å². The minimum absolute atomic E-state index is 0.0447. The molecule has 142 valence electrons. The van der Waals surface area contributed by atoms with Crippen LogP contribution in [0.3, 0.4) is 0 Å². The van der Waals surface area contributed by atoms with E-state index < -0.39 is 17.5 Å². The summed E-state index contributed by atoms with van der Waals surface area (Å²) in [6.45, 7) is 0. The molecule has 3 aromatic rings. The standard InChI is InChI=1S/C21H14FN5O2/c22-15-9-13-11-6-12(7-11)17-18(27-21(26-17)19(23)29)14(13)8-10(15)2-3-16(28)20-24-4-1-5-25-20/h1,4-5,8-9,11-12H,6-7H2,(H2,23,29)(H,26,27). The molecule has 0 unspecified atom stereocenters. The molecule has 3 N–H and O–H groups in total. The zero-order chi connectivity index (χ0) is 20.1. The SMILES string of the molecule is NC(=O)c1nc2c([nH]1)C1CC(C1)c1cc(F)c(C#CC(=O)c3ncccn3)cc1-2. The van der Waals surface area contributed by atoms with Gasteiger partial charge in [0, 0.05) is 29.6 Å². The summed E-state index contributed by atoms with van der Waals surface area (Å²) in [5.41, 5.74) is 8.43. The molecule has 3 aliphatic carbocycles. The fourth-order valence-electron chi connectivity index (χ4n) is 3.94. The number of nitrogens with zero attached hydrogens (tertiary/aromatic N) is 3. The summed E-state index contributed by atoms with van der Waals surface area (Å²) in [6, 6.07) is 4.63. The van der Waals surface area contributed by atoms with Crippen molar-refractivity contribution < 1.29 is 14.0 Å². The van der Waals surface area contributed by atoms with Crippen molar-refractivity contribution in [2.75, 3.05) is 0 Å². The predicted octanol–water partition coefficient (Wildman–Crippen LogP) is 2.31. The van der Waals surface area contributed by atoms with Crippen molar-refractivity contribution in [3.8, 4) is 23.1 Å². The molecule has 0 radical (unpaired) electrons. The number of nitrogens with one attached hydrogen (secondary N) is 1. The Labute approximate surface area is 164 Å². The number of amides is 1. The molecule has 1 saturated carbocycles. The number of hydrogen-bond donors (Lipinski definition) is 2. The summed E-state index contributed by atoms with van der Waals surface area (Å²) in [7, 11) is 0. The molecule has 1 fully saturated rings. The summed E-state index contributed by atoms with van der Waals surface area (Å²) >= 11 is 0. The number of hydrogen-bond acceptors (Lipinski definition) is 5. The topological polar surface area (TPSA) is 115 Å². The predicted molar refractivity (Wildman–Crippen MR) is 100 cm³/mol. The Hall–Kier alpha value is -3.86. The van der Waals surface area contributed by atoms with E-state index in [-0.39, 0.29) is 29.0 Å². The molecule has 2 aromatic heterocycles. The van der Waals surface area contributed by atoms with Crippen LogP contribution in [0.25, 0.3) is 11.3 Å². The van der Waals surface area contributed by atoms with E-state index in [0.717, 1.165) is 24.1 Å². The summed E-state index contributed by atoms with van der Waals surface area (Å²) < 4.78 is 14.7. The molecule has 1 aromatic carbocycles.